The Morgan fingerprint density at radius 3 is 2.53 bits per heavy atom. The Balaban J connectivity index is 1.35. The van der Waals surface area contributed by atoms with E-state index in [-0.39, 0.29) is 24.3 Å². The van der Waals surface area contributed by atoms with Gasteiger partial charge in [-0.2, -0.15) is 10.1 Å². The average Bonchev–Trinajstić information content (AvgIpc) is 3.50. The van der Waals surface area contributed by atoms with Gasteiger partial charge in [0.05, 0.1) is 29.6 Å². The van der Waals surface area contributed by atoms with Crippen LogP contribution in [0.3, 0.4) is 0 Å². The highest BCUT2D eigenvalue weighted by molar-refractivity contribution is 8.15. The number of amidine groups is 1. The summed E-state index contributed by atoms with van der Waals surface area (Å²) in [5.41, 5.74) is 3.45. The van der Waals surface area contributed by atoms with Gasteiger partial charge < -0.3 is 10.1 Å². The Kier molecular flexibility index (Phi) is 7.06. The van der Waals surface area contributed by atoms with Crippen LogP contribution in [0.4, 0.5) is 5.69 Å². The summed E-state index contributed by atoms with van der Waals surface area (Å²) in [6.07, 6.45) is 0.641. The molecule has 0 radical (unpaired) electrons. The summed E-state index contributed by atoms with van der Waals surface area (Å²) in [6, 6.07) is 24.6. The topological polar surface area (TPSA) is 83.4 Å². The number of ether oxygens (including phenoxy) is 1. The largest absolute Gasteiger partial charge is 0.497 e. The van der Waals surface area contributed by atoms with E-state index in [9.17, 15) is 9.59 Å². The number of thioether (sulfide) groups is 1. The molecule has 0 aliphatic carbocycles. The van der Waals surface area contributed by atoms with Gasteiger partial charge in [0, 0.05) is 12.8 Å². The van der Waals surface area contributed by atoms with Crippen molar-refractivity contribution in [2.24, 2.45) is 10.1 Å². The highest BCUT2D eigenvalue weighted by Gasteiger charge is 2.39. The SMILES string of the molecule is COc1ccc(C2=NN(C3=NC(=O)[C@H](CC(=O)Nc4ccccc4Cl)S3)[C@@H](c3ccccc3)C2)cc1. The summed E-state index contributed by atoms with van der Waals surface area (Å²) < 4.78 is 5.27. The smallest absolute Gasteiger partial charge is 0.262 e. The lowest BCUT2D eigenvalue weighted by Gasteiger charge is -2.23. The number of halogens is 1. The van der Waals surface area contributed by atoms with Crippen molar-refractivity contribution in [1.82, 2.24) is 5.01 Å². The summed E-state index contributed by atoms with van der Waals surface area (Å²) in [5, 5.41) is 9.76. The second-order valence-electron chi connectivity index (χ2n) is 8.32. The first-order valence-corrected chi connectivity index (χ1v) is 12.7. The molecule has 5 rings (SSSR count). The van der Waals surface area contributed by atoms with Gasteiger partial charge in [0.25, 0.3) is 5.91 Å². The van der Waals surface area contributed by atoms with Crippen molar-refractivity contribution in [3.05, 3.63) is 95.0 Å². The number of rotatable bonds is 6. The minimum absolute atomic E-state index is 0.0133. The van der Waals surface area contributed by atoms with Crippen molar-refractivity contribution in [2.75, 3.05) is 12.4 Å². The first kappa shape index (κ1) is 24.1. The van der Waals surface area contributed by atoms with Crippen molar-refractivity contribution in [3.63, 3.8) is 0 Å². The molecular weight excluding hydrogens is 496 g/mol. The Morgan fingerprint density at radius 2 is 1.81 bits per heavy atom. The van der Waals surface area contributed by atoms with Crippen LogP contribution in [-0.4, -0.2) is 40.1 Å². The van der Waals surface area contributed by atoms with Crippen molar-refractivity contribution in [3.8, 4) is 5.75 Å². The number of para-hydroxylation sites is 1. The molecule has 9 heteroatoms. The van der Waals surface area contributed by atoms with E-state index in [0.717, 1.165) is 22.6 Å². The van der Waals surface area contributed by atoms with Gasteiger partial charge in [-0.3, -0.25) is 9.59 Å². The zero-order chi connectivity index (χ0) is 25.1. The molecule has 0 bridgehead atoms. The predicted molar refractivity (Wildman–Crippen MR) is 144 cm³/mol. The Hall–Kier alpha value is -3.62. The van der Waals surface area contributed by atoms with Crippen LogP contribution in [0, 0.1) is 0 Å². The summed E-state index contributed by atoms with van der Waals surface area (Å²) in [4.78, 5) is 29.7. The van der Waals surface area contributed by atoms with Gasteiger partial charge in [-0.1, -0.05) is 65.8 Å². The number of anilines is 1. The van der Waals surface area contributed by atoms with Gasteiger partial charge in [0.1, 0.15) is 11.0 Å². The third-order valence-corrected chi connectivity index (χ3v) is 7.43. The number of nitrogens with zero attached hydrogens (tertiary/aromatic N) is 3. The Labute approximate surface area is 218 Å². The molecule has 0 fully saturated rings. The predicted octanol–water partition coefficient (Wildman–Crippen LogP) is 5.53. The number of carbonyl (C=O) groups excluding carboxylic acids is 2. The molecule has 0 saturated heterocycles. The Morgan fingerprint density at radius 1 is 1.08 bits per heavy atom. The van der Waals surface area contributed by atoms with Crippen molar-refractivity contribution in [2.45, 2.75) is 24.1 Å². The van der Waals surface area contributed by atoms with Crippen LogP contribution < -0.4 is 10.1 Å². The molecule has 2 aliphatic rings. The van der Waals surface area contributed by atoms with Crippen LogP contribution in [0.25, 0.3) is 0 Å². The highest BCUT2D eigenvalue weighted by Crippen LogP contribution is 2.38. The van der Waals surface area contributed by atoms with E-state index in [0.29, 0.717) is 22.3 Å². The normalized spacial score (nSPS) is 19.2. The lowest BCUT2D eigenvalue weighted by atomic mass is 9.98. The summed E-state index contributed by atoms with van der Waals surface area (Å²) in [5.74, 6) is 0.131. The van der Waals surface area contributed by atoms with Crippen LogP contribution in [-0.2, 0) is 9.59 Å². The molecule has 7 nitrogen and oxygen atoms in total. The molecule has 2 heterocycles. The molecule has 182 valence electrons. The molecular formula is C27H23ClN4O3S. The van der Waals surface area contributed by atoms with E-state index >= 15 is 0 Å². The molecule has 2 amide bonds. The summed E-state index contributed by atoms with van der Waals surface area (Å²) >= 11 is 7.41. The van der Waals surface area contributed by atoms with E-state index in [1.54, 1.807) is 31.4 Å². The number of benzene rings is 3. The third kappa shape index (κ3) is 5.15. The highest BCUT2D eigenvalue weighted by atomic mass is 35.5. The van der Waals surface area contributed by atoms with Crippen molar-refractivity contribution in [1.29, 1.82) is 0 Å². The number of hydrogen-bond acceptors (Lipinski definition) is 6. The minimum atomic E-state index is -0.626. The van der Waals surface area contributed by atoms with Crippen molar-refractivity contribution >= 4 is 51.7 Å². The van der Waals surface area contributed by atoms with Gasteiger partial charge in [0.2, 0.25) is 5.91 Å². The molecule has 0 unspecified atom stereocenters. The van der Waals surface area contributed by atoms with Crippen molar-refractivity contribution < 1.29 is 14.3 Å². The maximum absolute atomic E-state index is 12.8. The van der Waals surface area contributed by atoms with Gasteiger partial charge in [-0.25, -0.2) is 5.01 Å². The van der Waals surface area contributed by atoms with Crippen LogP contribution >= 0.6 is 23.4 Å². The molecule has 3 aromatic rings. The third-order valence-electron chi connectivity index (χ3n) is 5.96. The van der Waals surface area contributed by atoms with E-state index in [1.807, 2.05) is 59.6 Å². The zero-order valence-corrected chi connectivity index (χ0v) is 21.0. The molecule has 0 saturated carbocycles. The number of nitrogens with one attached hydrogen (secondary N) is 1. The number of hydrogen-bond donors (Lipinski definition) is 1. The minimum Gasteiger partial charge on any atom is -0.497 e. The molecule has 2 aliphatic heterocycles. The molecule has 1 N–H and O–H groups in total. The summed E-state index contributed by atoms with van der Waals surface area (Å²) in [7, 11) is 1.63. The number of carbonyl (C=O) groups is 2. The first-order valence-electron chi connectivity index (χ1n) is 11.4. The maximum Gasteiger partial charge on any atom is 0.262 e. The monoisotopic (exact) mass is 518 g/mol. The fraction of sp³-hybridized carbons (Fsp3) is 0.185. The number of aliphatic imine (C=N–C) groups is 1. The van der Waals surface area contributed by atoms with E-state index in [2.05, 4.69) is 10.3 Å². The fourth-order valence-corrected chi connectivity index (χ4v) is 5.36. The first-order chi connectivity index (χ1) is 17.5. The van der Waals surface area contributed by atoms with E-state index < -0.39 is 5.25 Å². The lowest BCUT2D eigenvalue weighted by Crippen LogP contribution is -2.25. The molecule has 2 atom stereocenters. The summed E-state index contributed by atoms with van der Waals surface area (Å²) in [6.45, 7) is 0. The van der Waals surface area contributed by atoms with Gasteiger partial charge in [-0.05, 0) is 47.5 Å². The second kappa shape index (κ2) is 10.6. The number of methoxy groups -OCH3 is 1. The van der Waals surface area contributed by atoms with Crippen LogP contribution in [0.5, 0.6) is 5.75 Å². The van der Waals surface area contributed by atoms with E-state index in [4.69, 9.17) is 21.4 Å². The van der Waals surface area contributed by atoms with E-state index in [1.165, 1.54) is 11.8 Å². The van der Waals surface area contributed by atoms with Crippen LogP contribution in [0.1, 0.15) is 30.0 Å². The van der Waals surface area contributed by atoms with Gasteiger partial charge in [-0.15, -0.1) is 0 Å². The number of hydrazone groups is 1. The second-order valence-corrected chi connectivity index (χ2v) is 9.90. The zero-order valence-electron chi connectivity index (χ0n) is 19.4. The molecule has 36 heavy (non-hydrogen) atoms. The molecule has 0 aromatic heterocycles. The molecule has 0 spiro atoms. The van der Waals surface area contributed by atoms with Gasteiger partial charge in [0.15, 0.2) is 5.17 Å². The van der Waals surface area contributed by atoms with Gasteiger partial charge >= 0.3 is 0 Å². The van der Waals surface area contributed by atoms with Crippen LogP contribution in [0.15, 0.2) is 89.0 Å². The maximum atomic E-state index is 12.8. The Bertz CT molecular complexity index is 1340. The fourth-order valence-electron chi connectivity index (χ4n) is 4.12. The standard InChI is InChI=1S/C27H23ClN4O3S/c1-35-19-13-11-17(12-14-19)22-15-23(18-7-3-2-4-8-18)32(31-22)27-30-26(34)24(36-27)16-25(33)29-21-10-6-5-9-20(21)28/h2-14,23-24H,15-16H2,1H3,(H,29,33)/t23-,24+/m1/s1. The average molecular weight is 519 g/mol. The number of amides is 2. The quantitative estimate of drug-likeness (QED) is 0.464. The lowest BCUT2D eigenvalue weighted by molar-refractivity contribution is -0.121. The molecule has 3 aromatic carbocycles. The van der Waals surface area contributed by atoms with Crippen LogP contribution in [0.2, 0.25) is 5.02 Å².